The van der Waals surface area contributed by atoms with Gasteiger partial charge in [0.1, 0.15) is 6.10 Å². The van der Waals surface area contributed by atoms with Crippen LogP contribution >= 0.6 is 0 Å². The van der Waals surface area contributed by atoms with Gasteiger partial charge in [-0.15, -0.1) is 0 Å². The van der Waals surface area contributed by atoms with Gasteiger partial charge in [-0.3, -0.25) is 14.5 Å². The first-order valence-electron chi connectivity index (χ1n) is 10.5. The average molecular weight is 409 g/mol. The van der Waals surface area contributed by atoms with E-state index in [0.29, 0.717) is 6.61 Å². The molecule has 0 aliphatic carbocycles. The standard InChI is InChI=1S/C23H28N4O3/c1-3-27-22-17(14-24-27)12-18-13-20(29)26-21(16-8-5-4-6-9-16)23(15(2)28)30-11-7-10-19(22)25-18/h4-6,8-9,12,14-15,21,23,28H,3,7,10-11,13H2,1-2H3,(H,26,29)/t15-,21-,23+/m0/s1. The molecule has 3 atom stereocenters. The van der Waals surface area contributed by atoms with E-state index >= 15 is 0 Å². The van der Waals surface area contributed by atoms with Gasteiger partial charge in [0.25, 0.3) is 0 Å². The highest BCUT2D eigenvalue weighted by Gasteiger charge is 2.30. The van der Waals surface area contributed by atoms with Crippen LogP contribution in [0.5, 0.6) is 0 Å². The lowest BCUT2D eigenvalue weighted by molar-refractivity contribution is -0.124. The highest BCUT2D eigenvalue weighted by Crippen LogP contribution is 2.25. The zero-order valence-electron chi connectivity index (χ0n) is 17.4. The molecule has 2 N–H and O–H groups in total. The number of nitrogens with one attached hydrogen (secondary N) is 1. The van der Waals surface area contributed by atoms with Crippen LogP contribution in [0, 0.1) is 0 Å². The zero-order valence-corrected chi connectivity index (χ0v) is 17.4. The molecule has 0 spiro atoms. The number of hydrogen-bond donors (Lipinski definition) is 2. The van der Waals surface area contributed by atoms with Gasteiger partial charge in [0.2, 0.25) is 5.91 Å². The summed E-state index contributed by atoms with van der Waals surface area (Å²) in [4.78, 5) is 17.7. The molecule has 7 heteroatoms. The number of aromatic nitrogens is 3. The maximum Gasteiger partial charge on any atom is 0.226 e. The molecule has 30 heavy (non-hydrogen) atoms. The van der Waals surface area contributed by atoms with Crippen LogP contribution in [0.2, 0.25) is 0 Å². The van der Waals surface area contributed by atoms with Crippen molar-refractivity contribution in [2.45, 2.75) is 57.9 Å². The number of aryl methyl sites for hydroxylation is 2. The van der Waals surface area contributed by atoms with Crippen molar-refractivity contribution < 1.29 is 14.6 Å². The molecular formula is C23H28N4O3. The molecule has 3 aromatic rings. The highest BCUT2D eigenvalue weighted by molar-refractivity contribution is 5.84. The van der Waals surface area contributed by atoms with Gasteiger partial charge in [0.05, 0.1) is 41.7 Å². The Hall–Kier alpha value is -2.77. The van der Waals surface area contributed by atoms with Crippen molar-refractivity contribution in [2.75, 3.05) is 6.61 Å². The van der Waals surface area contributed by atoms with Crippen LogP contribution in [-0.2, 0) is 28.9 Å². The summed E-state index contributed by atoms with van der Waals surface area (Å²) < 4.78 is 8.04. The minimum Gasteiger partial charge on any atom is -0.391 e. The third kappa shape index (κ3) is 4.22. The number of benzene rings is 1. The molecule has 7 nitrogen and oxygen atoms in total. The Balaban J connectivity index is 1.70. The normalized spacial score (nSPS) is 21.5. The van der Waals surface area contributed by atoms with Gasteiger partial charge in [0.15, 0.2) is 0 Å². The van der Waals surface area contributed by atoms with Gasteiger partial charge in [-0.25, -0.2) is 0 Å². The SMILES string of the molecule is CCn1ncc2cc3nc(c21)CCCO[C@H]([C@H](C)O)[C@H](c1ccccc1)NC(=O)C3. The Morgan fingerprint density at radius 2 is 2.13 bits per heavy atom. The molecule has 0 saturated heterocycles. The molecule has 0 saturated carbocycles. The predicted molar refractivity (Wildman–Crippen MR) is 114 cm³/mol. The number of ether oxygens (including phenoxy) is 1. The van der Waals surface area contributed by atoms with E-state index < -0.39 is 18.2 Å². The summed E-state index contributed by atoms with van der Waals surface area (Å²) in [7, 11) is 0. The van der Waals surface area contributed by atoms with E-state index in [2.05, 4.69) is 17.3 Å². The van der Waals surface area contributed by atoms with Crippen molar-refractivity contribution in [2.24, 2.45) is 0 Å². The molecule has 158 valence electrons. The minimum absolute atomic E-state index is 0.153. The Bertz CT molecular complexity index is 1020. The van der Waals surface area contributed by atoms with Crippen LogP contribution in [0.3, 0.4) is 0 Å². The Morgan fingerprint density at radius 3 is 2.87 bits per heavy atom. The van der Waals surface area contributed by atoms with Gasteiger partial charge in [0, 0.05) is 18.5 Å². The summed E-state index contributed by atoms with van der Waals surface area (Å²) in [6.07, 6.45) is 2.21. The first kappa shape index (κ1) is 20.5. The lowest BCUT2D eigenvalue weighted by Crippen LogP contribution is -2.43. The van der Waals surface area contributed by atoms with E-state index in [1.165, 1.54) is 0 Å². The van der Waals surface area contributed by atoms with Crippen LogP contribution in [0.4, 0.5) is 0 Å². The largest absolute Gasteiger partial charge is 0.391 e. The quantitative estimate of drug-likeness (QED) is 0.695. The Morgan fingerprint density at radius 1 is 1.33 bits per heavy atom. The van der Waals surface area contributed by atoms with Crippen molar-refractivity contribution in [3.8, 4) is 0 Å². The van der Waals surface area contributed by atoms with Crippen LogP contribution < -0.4 is 5.32 Å². The highest BCUT2D eigenvalue weighted by atomic mass is 16.5. The van der Waals surface area contributed by atoms with E-state index in [-0.39, 0.29) is 12.3 Å². The second-order valence-corrected chi connectivity index (χ2v) is 7.77. The summed E-state index contributed by atoms with van der Waals surface area (Å²) in [5.41, 5.74) is 3.59. The third-order valence-electron chi connectivity index (χ3n) is 5.53. The van der Waals surface area contributed by atoms with Crippen molar-refractivity contribution in [1.82, 2.24) is 20.1 Å². The fourth-order valence-corrected chi connectivity index (χ4v) is 4.14. The molecule has 2 aromatic heterocycles. The van der Waals surface area contributed by atoms with Crippen molar-refractivity contribution >= 4 is 16.8 Å². The van der Waals surface area contributed by atoms with Crippen molar-refractivity contribution in [1.29, 1.82) is 0 Å². The van der Waals surface area contributed by atoms with E-state index in [1.807, 2.05) is 47.3 Å². The summed E-state index contributed by atoms with van der Waals surface area (Å²) in [6.45, 7) is 4.97. The van der Waals surface area contributed by atoms with Gasteiger partial charge in [-0.05, 0) is 38.3 Å². The third-order valence-corrected chi connectivity index (χ3v) is 5.53. The summed E-state index contributed by atoms with van der Waals surface area (Å²) >= 11 is 0. The van der Waals surface area contributed by atoms with Crippen LogP contribution in [0.25, 0.3) is 10.9 Å². The van der Waals surface area contributed by atoms with Gasteiger partial charge >= 0.3 is 0 Å². The van der Waals surface area contributed by atoms with Gasteiger partial charge < -0.3 is 15.2 Å². The van der Waals surface area contributed by atoms with E-state index in [1.54, 1.807) is 6.92 Å². The summed E-state index contributed by atoms with van der Waals surface area (Å²) in [5, 5.41) is 18.9. The second kappa shape index (κ2) is 8.93. The smallest absolute Gasteiger partial charge is 0.226 e. The van der Waals surface area contributed by atoms with Gasteiger partial charge in [-0.2, -0.15) is 5.10 Å². The molecule has 0 unspecified atom stereocenters. The number of aliphatic hydroxyl groups is 1. The monoisotopic (exact) mass is 408 g/mol. The van der Waals surface area contributed by atoms with Crippen LogP contribution in [0.1, 0.15) is 43.3 Å². The number of carbonyl (C=O) groups is 1. The van der Waals surface area contributed by atoms with Crippen molar-refractivity contribution in [3.05, 3.63) is 59.5 Å². The average Bonchev–Trinajstić information content (AvgIpc) is 3.15. The molecule has 2 bridgehead atoms. The Kier molecular flexibility index (Phi) is 6.11. The number of amides is 1. The fourth-order valence-electron chi connectivity index (χ4n) is 4.14. The molecule has 4 rings (SSSR count). The molecule has 3 heterocycles. The maximum absolute atomic E-state index is 12.9. The molecule has 1 aromatic carbocycles. The number of carbonyl (C=O) groups excluding carboxylic acids is 1. The lowest BCUT2D eigenvalue weighted by atomic mass is 9.97. The zero-order chi connectivity index (χ0) is 21.1. The molecular weight excluding hydrogens is 380 g/mol. The summed E-state index contributed by atoms with van der Waals surface area (Å²) in [6, 6.07) is 11.2. The van der Waals surface area contributed by atoms with Crippen LogP contribution in [-0.4, -0.2) is 44.6 Å². The first-order valence-corrected chi connectivity index (χ1v) is 10.5. The molecule has 1 amide bonds. The number of hydrogen-bond acceptors (Lipinski definition) is 5. The molecule has 1 aliphatic heterocycles. The van der Waals surface area contributed by atoms with Gasteiger partial charge in [-0.1, -0.05) is 30.3 Å². The molecule has 0 fully saturated rings. The number of aliphatic hydroxyl groups excluding tert-OH is 1. The molecule has 1 aliphatic rings. The van der Waals surface area contributed by atoms with E-state index in [9.17, 15) is 9.90 Å². The van der Waals surface area contributed by atoms with Crippen molar-refractivity contribution in [3.63, 3.8) is 0 Å². The lowest BCUT2D eigenvalue weighted by Gasteiger charge is -2.31. The van der Waals surface area contributed by atoms with Crippen LogP contribution in [0.15, 0.2) is 42.6 Å². The number of pyridine rings is 1. The number of nitrogens with zero attached hydrogens (tertiary/aromatic N) is 3. The topological polar surface area (TPSA) is 89.3 Å². The fraction of sp³-hybridized carbons (Fsp3) is 0.435. The predicted octanol–water partition coefficient (Wildman–Crippen LogP) is 2.56. The maximum atomic E-state index is 12.9. The summed E-state index contributed by atoms with van der Waals surface area (Å²) in [5.74, 6) is -0.153. The van der Waals surface area contributed by atoms with E-state index in [4.69, 9.17) is 9.72 Å². The Labute approximate surface area is 176 Å². The minimum atomic E-state index is -0.734. The molecule has 0 radical (unpaired) electrons. The first-order chi connectivity index (χ1) is 14.6. The number of rotatable bonds is 3. The van der Waals surface area contributed by atoms with E-state index in [0.717, 1.165) is 47.2 Å². The second-order valence-electron chi connectivity index (χ2n) is 7.77. The number of fused-ring (bicyclic) bond motifs is 4.